The first kappa shape index (κ1) is 16.3. The van der Waals surface area contributed by atoms with E-state index in [0.717, 1.165) is 24.6 Å². The van der Waals surface area contributed by atoms with Crippen molar-refractivity contribution < 1.29 is 9.53 Å². The summed E-state index contributed by atoms with van der Waals surface area (Å²) in [5.41, 5.74) is 0.746. The van der Waals surface area contributed by atoms with Crippen molar-refractivity contribution in [2.75, 3.05) is 5.32 Å². The monoisotopic (exact) mass is 353 g/mol. The van der Waals surface area contributed by atoms with E-state index in [2.05, 4.69) is 15.4 Å². The molecule has 0 saturated heterocycles. The van der Waals surface area contributed by atoms with Crippen molar-refractivity contribution in [3.63, 3.8) is 0 Å². The van der Waals surface area contributed by atoms with E-state index in [9.17, 15) is 9.59 Å². The van der Waals surface area contributed by atoms with E-state index in [1.165, 1.54) is 4.57 Å². The fraction of sp³-hybridized carbons (Fsp3) is 0.333. The largest absolute Gasteiger partial charge is 0.474 e. The van der Waals surface area contributed by atoms with E-state index in [1.807, 2.05) is 0 Å². The van der Waals surface area contributed by atoms with Crippen LogP contribution in [0.4, 0.5) is 5.69 Å². The Hall–Kier alpha value is -3.16. The summed E-state index contributed by atoms with van der Waals surface area (Å²) in [4.78, 5) is 29.4. The van der Waals surface area contributed by atoms with Crippen molar-refractivity contribution in [2.24, 2.45) is 14.1 Å². The van der Waals surface area contributed by atoms with Gasteiger partial charge >= 0.3 is 0 Å². The van der Waals surface area contributed by atoms with Crippen LogP contribution in [-0.2, 0) is 14.1 Å². The molecule has 134 valence electrons. The maximum atomic E-state index is 12.8. The standard InChI is InChI=1S/C18H19N5O3/c1-22-8-4-7-14(18(22)25)19-16(24)13-9-11-10-23(2)21-15(11)20-17(13)26-12-5-3-6-12/h4,7-10,12H,3,5-6H2,1-2H3,(H,19,24). The van der Waals surface area contributed by atoms with Gasteiger partial charge in [0, 0.05) is 31.9 Å². The molecule has 0 radical (unpaired) electrons. The van der Waals surface area contributed by atoms with E-state index >= 15 is 0 Å². The summed E-state index contributed by atoms with van der Waals surface area (Å²) >= 11 is 0. The molecule has 3 aromatic heterocycles. The zero-order valence-corrected chi connectivity index (χ0v) is 14.6. The van der Waals surface area contributed by atoms with Gasteiger partial charge in [0.05, 0.1) is 0 Å². The Bertz CT molecular complexity index is 1050. The molecular formula is C18H19N5O3. The zero-order chi connectivity index (χ0) is 18.3. The molecule has 26 heavy (non-hydrogen) atoms. The van der Waals surface area contributed by atoms with Gasteiger partial charge in [-0.05, 0) is 37.5 Å². The quantitative estimate of drug-likeness (QED) is 0.773. The van der Waals surface area contributed by atoms with E-state index in [-0.39, 0.29) is 23.2 Å². The van der Waals surface area contributed by atoms with Gasteiger partial charge in [0.2, 0.25) is 5.88 Å². The lowest BCUT2D eigenvalue weighted by Crippen LogP contribution is -2.27. The predicted molar refractivity (Wildman–Crippen MR) is 96.4 cm³/mol. The summed E-state index contributed by atoms with van der Waals surface area (Å²) in [6.07, 6.45) is 6.49. The van der Waals surface area contributed by atoms with Crippen LogP contribution in [-0.4, -0.2) is 31.3 Å². The minimum absolute atomic E-state index is 0.0693. The first-order valence-electron chi connectivity index (χ1n) is 8.49. The molecule has 0 aliphatic heterocycles. The number of hydrogen-bond acceptors (Lipinski definition) is 5. The highest BCUT2D eigenvalue weighted by atomic mass is 16.5. The van der Waals surface area contributed by atoms with Gasteiger partial charge in [0.1, 0.15) is 17.4 Å². The van der Waals surface area contributed by atoms with Crippen LogP contribution in [0.1, 0.15) is 29.6 Å². The van der Waals surface area contributed by atoms with Gasteiger partial charge in [0.25, 0.3) is 11.5 Å². The molecule has 3 aromatic rings. The number of rotatable bonds is 4. The van der Waals surface area contributed by atoms with E-state index < -0.39 is 5.91 Å². The van der Waals surface area contributed by atoms with Crippen LogP contribution in [0.15, 0.2) is 35.4 Å². The molecule has 1 amide bonds. The van der Waals surface area contributed by atoms with Gasteiger partial charge in [-0.15, -0.1) is 0 Å². The lowest BCUT2D eigenvalue weighted by molar-refractivity contribution is 0.0981. The minimum Gasteiger partial charge on any atom is -0.474 e. The number of ether oxygens (including phenoxy) is 1. The molecule has 0 unspecified atom stereocenters. The highest BCUT2D eigenvalue weighted by Gasteiger charge is 2.24. The molecule has 0 aromatic carbocycles. The molecule has 1 aliphatic rings. The van der Waals surface area contributed by atoms with Gasteiger partial charge < -0.3 is 14.6 Å². The van der Waals surface area contributed by atoms with Crippen LogP contribution >= 0.6 is 0 Å². The smallest absolute Gasteiger partial charge is 0.274 e. The Kier molecular flexibility index (Phi) is 3.95. The average molecular weight is 353 g/mol. The van der Waals surface area contributed by atoms with E-state index in [1.54, 1.807) is 49.4 Å². The van der Waals surface area contributed by atoms with Crippen molar-refractivity contribution >= 4 is 22.6 Å². The number of hydrogen-bond donors (Lipinski definition) is 1. The lowest BCUT2D eigenvalue weighted by atomic mass is 9.96. The number of anilines is 1. The Morgan fingerprint density at radius 1 is 1.35 bits per heavy atom. The number of carbonyl (C=O) groups is 1. The lowest BCUT2D eigenvalue weighted by Gasteiger charge is -2.26. The fourth-order valence-corrected chi connectivity index (χ4v) is 2.84. The van der Waals surface area contributed by atoms with Crippen molar-refractivity contribution in [3.8, 4) is 5.88 Å². The number of aromatic nitrogens is 4. The Balaban J connectivity index is 1.72. The Morgan fingerprint density at radius 3 is 2.88 bits per heavy atom. The van der Waals surface area contributed by atoms with Crippen molar-refractivity contribution in [3.05, 3.63) is 46.5 Å². The minimum atomic E-state index is -0.430. The van der Waals surface area contributed by atoms with Crippen molar-refractivity contribution in [2.45, 2.75) is 25.4 Å². The Labute approximate surface area is 149 Å². The van der Waals surface area contributed by atoms with Crippen molar-refractivity contribution in [1.29, 1.82) is 0 Å². The van der Waals surface area contributed by atoms with Gasteiger partial charge in [0.15, 0.2) is 5.65 Å². The molecule has 8 nitrogen and oxygen atoms in total. The SMILES string of the molecule is Cn1cc2cc(C(=O)Nc3cccn(C)c3=O)c(OC3CCC3)nc2n1. The number of nitrogens with one attached hydrogen (secondary N) is 1. The molecule has 0 atom stereocenters. The fourth-order valence-electron chi connectivity index (χ4n) is 2.84. The third-order valence-corrected chi connectivity index (χ3v) is 4.52. The molecule has 0 spiro atoms. The number of carbonyl (C=O) groups excluding carboxylic acids is 1. The second-order valence-corrected chi connectivity index (χ2v) is 6.52. The number of amides is 1. The Morgan fingerprint density at radius 2 is 2.15 bits per heavy atom. The number of aryl methyl sites for hydroxylation is 2. The molecule has 3 heterocycles. The first-order valence-corrected chi connectivity index (χ1v) is 8.49. The second-order valence-electron chi connectivity index (χ2n) is 6.52. The maximum absolute atomic E-state index is 12.8. The molecule has 1 saturated carbocycles. The first-order chi connectivity index (χ1) is 12.5. The summed E-state index contributed by atoms with van der Waals surface area (Å²) in [5.74, 6) is -0.174. The highest BCUT2D eigenvalue weighted by molar-refractivity contribution is 6.07. The number of fused-ring (bicyclic) bond motifs is 1. The van der Waals surface area contributed by atoms with E-state index in [4.69, 9.17) is 4.74 Å². The van der Waals surface area contributed by atoms with E-state index in [0.29, 0.717) is 11.2 Å². The normalized spacial score (nSPS) is 14.2. The summed E-state index contributed by atoms with van der Waals surface area (Å²) in [6.45, 7) is 0. The number of pyridine rings is 2. The maximum Gasteiger partial charge on any atom is 0.274 e. The van der Waals surface area contributed by atoms with Crippen LogP contribution in [0.3, 0.4) is 0 Å². The van der Waals surface area contributed by atoms with Gasteiger partial charge in [-0.2, -0.15) is 10.1 Å². The van der Waals surface area contributed by atoms with Crippen LogP contribution in [0.25, 0.3) is 11.0 Å². The van der Waals surface area contributed by atoms with Crippen molar-refractivity contribution in [1.82, 2.24) is 19.3 Å². The van der Waals surface area contributed by atoms with Gasteiger partial charge in [-0.25, -0.2) is 0 Å². The molecule has 0 bridgehead atoms. The zero-order valence-electron chi connectivity index (χ0n) is 14.6. The predicted octanol–water partition coefficient (Wildman–Crippen LogP) is 1.85. The molecule has 1 fully saturated rings. The highest BCUT2D eigenvalue weighted by Crippen LogP contribution is 2.28. The summed E-state index contributed by atoms with van der Waals surface area (Å²) in [5, 5.41) is 7.68. The molecule has 4 rings (SSSR count). The van der Waals surface area contributed by atoms with Crippen LogP contribution in [0.2, 0.25) is 0 Å². The topological polar surface area (TPSA) is 91.0 Å². The van der Waals surface area contributed by atoms with Crippen LogP contribution < -0.4 is 15.6 Å². The van der Waals surface area contributed by atoms with Gasteiger partial charge in [-0.1, -0.05) is 0 Å². The second kappa shape index (κ2) is 6.29. The average Bonchev–Trinajstić information content (AvgIpc) is 2.93. The molecule has 1 aliphatic carbocycles. The molecule has 8 heteroatoms. The summed E-state index contributed by atoms with van der Waals surface area (Å²) < 4.78 is 8.95. The van der Waals surface area contributed by atoms with Crippen LogP contribution in [0, 0.1) is 0 Å². The molecular weight excluding hydrogens is 334 g/mol. The summed E-state index contributed by atoms with van der Waals surface area (Å²) in [6, 6.07) is 4.97. The van der Waals surface area contributed by atoms with Gasteiger partial charge in [-0.3, -0.25) is 14.3 Å². The van der Waals surface area contributed by atoms with Crippen LogP contribution in [0.5, 0.6) is 5.88 Å². The third kappa shape index (κ3) is 2.94. The third-order valence-electron chi connectivity index (χ3n) is 4.52. The molecule has 1 N–H and O–H groups in total. The number of nitrogens with zero attached hydrogens (tertiary/aromatic N) is 4. The summed E-state index contributed by atoms with van der Waals surface area (Å²) in [7, 11) is 3.42.